The van der Waals surface area contributed by atoms with E-state index in [2.05, 4.69) is 27.3 Å². The minimum Gasteiger partial charge on any atom is -0.445 e. The number of rotatable bonds is 9. The molecule has 0 bridgehead atoms. The molecule has 256 valence electrons. The number of amidine groups is 1. The zero-order valence-electron chi connectivity index (χ0n) is 27.5. The highest BCUT2D eigenvalue weighted by molar-refractivity contribution is 8.15. The summed E-state index contributed by atoms with van der Waals surface area (Å²) in [6.07, 6.45) is 4.21. The molecule has 0 radical (unpaired) electrons. The van der Waals surface area contributed by atoms with E-state index in [0.29, 0.717) is 43.6 Å². The minimum atomic E-state index is -0.617. The first-order valence-electron chi connectivity index (χ1n) is 16.8. The van der Waals surface area contributed by atoms with Gasteiger partial charge < -0.3 is 19.7 Å². The number of hydrogen-bond acceptors (Lipinski definition) is 9. The number of carbonyl (C=O) groups excluding carboxylic acids is 3. The molecule has 4 aromatic rings. The first-order valence-corrected chi connectivity index (χ1v) is 17.7. The molecule has 7 rings (SSSR count). The lowest BCUT2D eigenvalue weighted by atomic mass is 10.1. The molecule has 50 heavy (non-hydrogen) atoms. The molecular weight excluding hydrogens is 653 g/mol. The minimum absolute atomic E-state index is 0.0668. The molecule has 3 aliphatic rings. The molecule has 1 aromatic heterocycles. The van der Waals surface area contributed by atoms with E-state index in [1.165, 1.54) is 16.7 Å². The lowest BCUT2D eigenvalue weighted by Crippen LogP contribution is -2.43. The van der Waals surface area contributed by atoms with Crippen LogP contribution in [0.2, 0.25) is 0 Å². The highest BCUT2D eigenvalue weighted by atomic mass is 32.2. The number of anilines is 2. The fourth-order valence-corrected chi connectivity index (χ4v) is 7.44. The van der Waals surface area contributed by atoms with Crippen LogP contribution in [0.4, 0.5) is 21.9 Å². The van der Waals surface area contributed by atoms with Crippen LogP contribution in [-0.2, 0) is 32.2 Å². The van der Waals surface area contributed by atoms with Gasteiger partial charge in [0.25, 0.3) is 0 Å². The van der Waals surface area contributed by atoms with Gasteiger partial charge in [-0.1, -0.05) is 54.2 Å². The van der Waals surface area contributed by atoms with Crippen molar-refractivity contribution in [2.24, 2.45) is 4.99 Å². The van der Waals surface area contributed by atoms with Crippen molar-refractivity contribution < 1.29 is 23.9 Å². The highest BCUT2D eigenvalue weighted by Crippen LogP contribution is 2.41. The molecule has 0 spiro atoms. The Labute approximate surface area is 295 Å². The van der Waals surface area contributed by atoms with Crippen molar-refractivity contribution in [3.63, 3.8) is 0 Å². The van der Waals surface area contributed by atoms with Gasteiger partial charge in [0.2, 0.25) is 11.8 Å². The summed E-state index contributed by atoms with van der Waals surface area (Å²) < 4.78 is 11.0. The van der Waals surface area contributed by atoms with Crippen LogP contribution in [-0.4, -0.2) is 76.7 Å². The van der Waals surface area contributed by atoms with E-state index in [4.69, 9.17) is 14.5 Å². The summed E-state index contributed by atoms with van der Waals surface area (Å²) in [6, 6.07) is 28.0. The highest BCUT2D eigenvalue weighted by Gasteiger charge is 2.39. The van der Waals surface area contributed by atoms with Crippen LogP contribution in [0.15, 0.2) is 108 Å². The molecule has 2 atom stereocenters. The van der Waals surface area contributed by atoms with Gasteiger partial charge in [0.05, 0.1) is 25.4 Å². The maximum atomic E-state index is 13.9. The smallest absolute Gasteiger partial charge is 0.410 e. The van der Waals surface area contributed by atoms with E-state index in [-0.39, 0.29) is 18.4 Å². The molecule has 3 saturated heterocycles. The Bertz CT molecular complexity index is 1820. The average Bonchev–Trinajstić information content (AvgIpc) is 3.78. The van der Waals surface area contributed by atoms with Crippen LogP contribution in [0.3, 0.4) is 0 Å². The Morgan fingerprint density at radius 3 is 2.38 bits per heavy atom. The summed E-state index contributed by atoms with van der Waals surface area (Å²) in [5.74, 6) is -0.335. The maximum Gasteiger partial charge on any atom is 0.410 e. The average molecular weight is 691 g/mol. The molecule has 3 aromatic carbocycles. The van der Waals surface area contributed by atoms with Crippen molar-refractivity contribution in [3.05, 3.63) is 120 Å². The van der Waals surface area contributed by atoms with Gasteiger partial charge in [-0.05, 0) is 78.1 Å². The summed E-state index contributed by atoms with van der Waals surface area (Å²) in [4.78, 5) is 54.6. The zero-order chi connectivity index (χ0) is 34.3. The van der Waals surface area contributed by atoms with Gasteiger partial charge in [-0.3, -0.25) is 24.4 Å². The van der Waals surface area contributed by atoms with Crippen LogP contribution in [0.1, 0.15) is 34.8 Å². The van der Waals surface area contributed by atoms with Crippen molar-refractivity contribution in [2.45, 2.75) is 37.3 Å². The molecule has 3 aliphatic heterocycles. The monoisotopic (exact) mass is 690 g/mol. The van der Waals surface area contributed by atoms with E-state index < -0.39 is 17.4 Å². The maximum absolute atomic E-state index is 13.9. The number of benzene rings is 3. The Kier molecular flexibility index (Phi) is 10.4. The number of carbonyl (C=O) groups is 3. The summed E-state index contributed by atoms with van der Waals surface area (Å²) in [5, 5.41) is 3.07. The van der Waals surface area contributed by atoms with Gasteiger partial charge in [0.15, 0.2) is 5.17 Å². The lowest BCUT2D eigenvalue weighted by Gasteiger charge is -2.28. The number of thioether (sulfide) groups is 1. The van der Waals surface area contributed by atoms with Gasteiger partial charge >= 0.3 is 6.09 Å². The molecule has 1 N–H and O–H groups in total. The van der Waals surface area contributed by atoms with Crippen molar-refractivity contribution in [3.8, 4) is 0 Å². The largest absolute Gasteiger partial charge is 0.445 e. The predicted molar refractivity (Wildman–Crippen MR) is 193 cm³/mol. The van der Waals surface area contributed by atoms with Crippen LogP contribution in [0.25, 0.3) is 0 Å². The standard InChI is InChI=1S/C38H38N6O5S/c45-35(33-7-4-20-43(33)38(47)49-26-28-5-2-1-3-6-28)40-30-10-8-29(9-11-30)34-36(46)44(25-27-16-18-39-19-17-27)37(50-34)41-31-12-14-32(15-13-31)42-21-23-48-24-22-42/h1-3,5-6,8-19,33-34H,4,7,20-26H2,(H,40,45)/b41-37-/t33-,34?/m0/s1. The van der Waals surface area contributed by atoms with E-state index in [1.54, 1.807) is 29.4 Å². The van der Waals surface area contributed by atoms with Crippen molar-refractivity contribution in [1.29, 1.82) is 0 Å². The Hall–Kier alpha value is -5.20. The number of nitrogens with one attached hydrogen (secondary N) is 1. The van der Waals surface area contributed by atoms with Gasteiger partial charge in [-0.25, -0.2) is 9.79 Å². The van der Waals surface area contributed by atoms with Gasteiger partial charge in [-0.2, -0.15) is 0 Å². The molecule has 0 aliphatic carbocycles. The van der Waals surface area contributed by atoms with Gasteiger partial charge in [-0.15, -0.1) is 0 Å². The van der Waals surface area contributed by atoms with Crippen molar-refractivity contribution in [1.82, 2.24) is 14.8 Å². The van der Waals surface area contributed by atoms with Crippen LogP contribution in [0, 0.1) is 0 Å². The summed E-state index contributed by atoms with van der Waals surface area (Å²) >= 11 is 1.41. The van der Waals surface area contributed by atoms with E-state index in [9.17, 15) is 14.4 Å². The van der Waals surface area contributed by atoms with E-state index in [1.807, 2.05) is 66.7 Å². The lowest BCUT2D eigenvalue weighted by molar-refractivity contribution is -0.126. The number of hydrogen-bond donors (Lipinski definition) is 1. The van der Waals surface area contributed by atoms with E-state index in [0.717, 1.165) is 47.6 Å². The summed E-state index contributed by atoms with van der Waals surface area (Å²) in [5.41, 5.74) is 5.11. The summed E-state index contributed by atoms with van der Waals surface area (Å²) in [6.45, 7) is 4.12. The van der Waals surface area contributed by atoms with Gasteiger partial charge in [0.1, 0.15) is 17.9 Å². The van der Waals surface area contributed by atoms with Gasteiger partial charge in [0, 0.05) is 43.4 Å². The Balaban J connectivity index is 1.03. The third-order valence-electron chi connectivity index (χ3n) is 8.96. The zero-order valence-corrected chi connectivity index (χ0v) is 28.3. The quantitative estimate of drug-likeness (QED) is 0.222. The third kappa shape index (κ3) is 7.82. The number of pyridine rings is 1. The number of morpholine rings is 1. The van der Waals surface area contributed by atoms with Crippen molar-refractivity contribution >= 4 is 51.9 Å². The fraction of sp³-hybridized carbons (Fsp3) is 0.289. The molecular formula is C38H38N6O5S. The molecule has 0 saturated carbocycles. The molecule has 3 amide bonds. The second-order valence-corrected chi connectivity index (χ2v) is 13.4. The first kappa shape index (κ1) is 33.3. The second kappa shape index (κ2) is 15.6. The second-order valence-electron chi connectivity index (χ2n) is 12.3. The summed E-state index contributed by atoms with van der Waals surface area (Å²) in [7, 11) is 0. The first-order chi connectivity index (χ1) is 24.5. The number of aromatic nitrogens is 1. The van der Waals surface area contributed by atoms with Crippen LogP contribution in [0.5, 0.6) is 0 Å². The molecule has 3 fully saturated rings. The van der Waals surface area contributed by atoms with Crippen LogP contribution < -0.4 is 10.2 Å². The number of amides is 3. The predicted octanol–water partition coefficient (Wildman–Crippen LogP) is 6.16. The number of nitrogens with zero attached hydrogens (tertiary/aromatic N) is 5. The number of aliphatic imine (C=N–C) groups is 1. The molecule has 12 heteroatoms. The molecule has 4 heterocycles. The number of ether oxygens (including phenoxy) is 2. The third-order valence-corrected chi connectivity index (χ3v) is 10.2. The SMILES string of the molecule is O=C(Nc1ccc(C2S/C(=N\c3ccc(N4CCOCC4)cc3)N(Cc3ccncc3)C2=O)cc1)[C@@H]1CCCN1C(=O)OCc1ccccc1. The Morgan fingerprint density at radius 1 is 0.900 bits per heavy atom. The number of likely N-dealkylation sites (tertiary alicyclic amines) is 1. The van der Waals surface area contributed by atoms with Crippen LogP contribution >= 0.6 is 11.8 Å². The Morgan fingerprint density at radius 2 is 1.64 bits per heavy atom. The van der Waals surface area contributed by atoms with Crippen molar-refractivity contribution in [2.75, 3.05) is 43.1 Å². The topological polar surface area (TPSA) is 117 Å². The normalized spacial score (nSPS) is 20.0. The van der Waals surface area contributed by atoms with E-state index >= 15 is 0 Å². The fourth-order valence-electron chi connectivity index (χ4n) is 6.27. The molecule has 1 unspecified atom stereocenters. The molecule has 11 nitrogen and oxygen atoms in total.